The Bertz CT molecular complexity index is 1210. The molecule has 3 atom stereocenters. The van der Waals surface area contributed by atoms with Crippen LogP contribution in [0.2, 0.25) is 16.6 Å². The van der Waals surface area contributed by atoms with E-state index in [1.807, 2.05) is 6.20 Å². The van der Waals surface area contributed by atoms with Gasteiger partial charge in [0.15, 0.2) is 20.3 Å². The molecule has 5 aliphatic rings. The van der Waals surface area contributed by atoms with Crippen molar-refractivity contribution in [3.63, 3.8) is 0 Å². The molecule has 2 aromatic rings. The van der Waals surface area contributed by atoms with Crippen LogP contribution >= 0.6 is 0 Å². The summed E-state index contributed by atoms with van der Waals surface area (Å²) in [4.78, 5) is 19.7. The molecular formula is C33H50N2O4Si. The molecular weight excluding hydrogens is 516 g/mol. The molecule has 7 rings (SSSR count). The molecule has 0 aromatic carbocycles. The lowest BCUT2D eigenvalue weighted by molar-refractivity contribution is -0.269. The molecule has 3 heterocycles. The largest absolute Gasteiger partial charge is 0.494 e. The second kappa shape index (κ2) is 10.5. The van der Waals surface area contributed by atoms with E-state index in [4.69, 9.17) is 19.2 Å². The topological polar surface area (TPSA) is 62.6 Å². The van der Waals surface area contributed by atoms with E-state index in [2.05, 4.69) is 58.0 Å². The van der Waals surface area contributed by atoms with Gasteiger partial charge in [0, 0.05) is 17.9 Å². The van der Waals surface area contributed by atoms with Gasteiger partial charge in [-0.1, -0.05) is 41.5 Å². The van der Waals surface area contributed by atoms with Crippen LogP contribution in [-0.4, -0.2) is 48.8 Å². The van der Waals surface area contributed by atoms with Gasteiger partial charge in [-0.05, 0) is 98.0 Å². The number of rotatable bonds is 9. The smallest absolute Gasteiger partial charge is 0.171 e. The van der Waals surface area contributed by atoms with Crippen molar-refractivity contribution in [1.29, 1.82) is 0 Å². The molecule has 3 unspecified atom stereocenters. The minimum absolute atomic E-state index is 0.0331. The highest BCUT2D eigenvalue weighted by Gasteiger charge is 2.59. The molecule has 2 aromatic heterocycles. The Morgan fingerprint density at radius 3 is 2.30 bits per heavy atom. The minimum atomic E-state index is -2.02. The van der Waals surface area contributed by atoms with Crippen LogP contribution in [0.15, 0.2) is 18.5 Å². The number of pyridine rings is 1. The molecule has 4 saturated carbocycles. The normalized spacial score (nSPS) is 32.1. The first-order valence-corrected chi connectivity index (χ1v) is 18.2. The average molecular weight is 567 g/mol. The molecule has 4 aliphatic carbocycles. The van der Waals surface area contributed by atoms with Gasteiger partial charge in [-0.2, -0.15) is 0 Å². The third-order valence-electron chi connectivity index (χ3n) is 11.4. The number of carbonyl (C=O) groups excluding carboxylic acids is 1. The lowest BCUT2D eigenvalue weighted by atomic mass is 9.49. The summed E-state index contributed by atoms with van der Waals surface area (Å²) in [5.74, 6) is 2.33. The quantitative estimate of drug-likeness (QED) is 0.227. The molecule has 7 heteroatoms. The van der Waals surface area contributed by atoms with Crippen molar-refractivity contribution < 1.29 is 19.0 Å². The van der Waals surface area contributed by atoms with Crippen LogP contribution in [0, 0.1) is 23.7 Å². The van der Waals surface area contributed by atoms with E-state index < -0.39 is 8.24 Å². The van der Waals surface area contributed by atoms with Gasteiger partial charge in [-0.25, -0.2) is 4.98 Å². The zero-order valence-electron chi connectivity index (χ0n) is 25.7. The van der Waals surface area contributed by atoms with Crippen LogP contribution in [-0.2, 0) is 9.47 Å². The van der Waals surface area contributed by atoms with E-state index in [1.165, 1.54) is 6.42 Å². The molecule has 0 amide bonds. The van der Waals surface area contributed by atoms with Crippen molar-refractivity contribution >= 4 is 25.1 Å². The van der Waals surface area contributed by atoms with Crippen molar-refractivity contribution in [2.45, 2.75) is 121 Å². The molecule has 5 fully saturated rings. The Kier molecular flexibility index (Phi) is 7.48. The van der Waals surface area contributed by atoms with Crippen LogP contribution in [0.5, 0.6) is 5.75 Å². The van der Waals surface area contributed by atoms with Gasteiger partial charge < -0.3 is 18.4 Å². The predicted molar refractivity (Wildman–Crippen MR) is 162 cm³/mol. The summed E-state index contributed by atoms with van der Waals surface area (Å²) in [5, 5.41) is 0.971. The van der Waals surface area contributed by atoms with E-state index in [0.717, 1.165) is 68.1 Å². The average Bonchev–Trinajstić information content (AvgIpc) is 3.31. The Hall–Kier alpha value is -1.70. The molecule has 220 valence electrons. The summed E-state index contributed by atoms with van der Waals surface area (Å²) in [5.41, 5.74) is 3.24. The van der Waals surface area contributed by atoms with Crippen LogP contribution in [0.1, 0.15) is 103 Å². The highest BCUT2D eigenvalue weighted by molar-refractivity contribution is 6.82. The van der Waals surface area contributed by atoms with Gasteiger partial charge in [0.25, 0.3) is 0 Å². The third-order valence-corrected chi connectivity index (χ3v) is 18.1. The summed E-state index contributed by atoms with van der Waals surface area (Å²) in [6, 6.07) is 2.16. The second-order valence-electron chi connectivity index (χ2n) is 14.4. The van der Waals surface area contributed by atoms with E-state index in [9.17, 15) is 4.79 Å². The van der Waals surface area contributed by atoms with Crippen molar-refractivity contribution in [1.82, 2.24) is 9.22 Å². The van der Waals surface area contributed by atoms with E-state index in [1.54, 1.807) is 7.11 Å². The zero-order valence-corrected chi connectivity index (χ0v) is 26.7. The molecule has 6 nitrogen and oxygen atoms in total. The van der Waals surface area contributed by atoms with E-state index >= 15 is 0 Å². The predicted octanol–water partition coefficient (Wildman–Crippen LogP) is 7.99. The number of carbonyl (C=O) groups is 1. The van der Waals surface area contributed by atoms with Crippen LogP contribution in [0.4, 0.5) is 0 Å². The lowest BCUT2D eigenvalue weighted by Gasteiger charge is -2.59. The Balaban J connectivity index is 1.37. The number of fused-ring (bicyclic) bond motifs is 1. The molecule has 4 bridgehead atoms. The molecule has 0 spiro atoms. The number of methoxy groups -OCH3 is 1. The van der Waals surface area contributed by atoms with Gasteiger partial charge in [0.1, 0.15) is 11.4 Å². The van der Waals surface area contributed by atoms with Gasteiger partial charge in [-0.15, -0.1) is 0 Å². The van der Waals surface area contributed by atoms with Crippen molar-refractivity contribution in [3.8, 4) is 5.75 Å². The first-order chi connectivity index (χ1) is 19.1. The summed E-state index contributed by atoms with van der Waals surface area (Å²) >= 11 is 0. The fourth-order valence-electron chi connectivity index (χ4n) is 10.4. The van der Waals surface area contributed by atoms with Crippen LogP contribution < -0.4 is 4.74 Å². The fourth-order valence-corrected chi connectivity index (χ4v) is 16.9. The maximum Gasteiger partial charge on any atom is 0.171 e. The molecule has 0 radical (unpaired) electrons. The number of hydrogen-bond acceptors (Lipinski definition) is 5. The van der Waals surface area contributed by atoms with Gasteiger partial charge in [0.2, 0.25) is 0 Å². The SMILES string of the molecule is COc1cnc2c(ccn2[Si](C(C)C)(C(C)C)C(C)C)c1C(=O)C1C2CC3CC1CC(OC1CCCCO1)(C3)C2. The van der Waals surface area contributed by atoms with Crippen molar-refractivity contribution in [3.05, 3.63) is 24.0 Å². The molecule has 1 aliphatic heterocycles. The lowest BCUT2D eigenvalue weighted by Crippen LogP contribution is -2.58. The maximum atomic E-state index is 14.7. The molecule has 40 heavy (non-hydrogen) atoms. The van der Waals surface area contributed by atoms with E-state index in [-0.39, 0.29) is 23.6 Å². The highest BCUT2D eigenvalue weighted by atomic mass is 28.3. The second-order valence-corrected chi connectivity index (χ2v) is 20.2. The summed E-state index contributed by atoms with van der Waals surface area (Å²) in [6.07, 6.45) is 12.7. The fraction of sp³-hybridized carbons (Fsp3) is 0.758. The van der Waals surface area contributed by atoms with E-state index in [0.29, 0.717) is 40.1 Å². The summed E-state index contributed by atoms with van der Waals surface area (Å²) < 4.78 is 21.2. The minimum Gasteiger partial charge on any atom is -0.494 e. The van der Waals surface area contributed by atoms with Crippen LogP contribution in [0.25, 0.3) is 11.0 Å². The van der Waals surface area contributed by atoms with Crippen LogP contribution in [0.3, 0.4) is 0 Å². The van der Waals surface area contributed by atoms with Gasteiger partial charge >= 0.3 is 0 Å². The highest BCUT2D eigenvalue weighted by Crippen LogP contribution is 2.61. The number of ketones is 1. The number of nitrogens with zero attached hydrogens (tertiary/aromatic N) is 2. The summed E-state index contributed by atoms with van der Waals surface area (Å²) in [6.45, 7) is 15.1. The number of Topliss-reactive ketones (excluding diaryl/α,β-unsaturated/α-hetero) is 1. The monoisotopic (exact) mass is 566 g/mol. The first kappa shape index (κ1) is 28.4. The maximum absolute atomic E-state index is 14.7. The number of ether oxygens (including phenoxy) is 3. The Morgan fingerprint density at radius 1 is 1.05 bits per heavy atom. The third kappa shape index (κ3) is 4.32. The van der Waals surface area contributed by atoms with Crippen molar-refractivity contribution in [2.24, 2.45) is 23.7 Å². The zero-order chi connectivity index (χ0) is 28.4. The number of hydrogen-bond donors (Lipinski definition) is 0. The standard InChI is InChI=1S/C33H50N2O4Si/c1-20(2)40(21(3)4,22(5)6)35-12-11-26-30(27(37-7)19-34-32(26)35)31(36)29-24-14-23-15-25(29)18-33(16-23,17-24)39-28-10-8-9-13-38-28/h11-12,19-25,28-29H,8-10,13-18H2,1-7H3. The van der Waals surface area contributed by atoms with Gasteiger partial charge in [-0.3, -0.25) is 4.79 Å². The van der Waals surface area contributed by atoms with Gasteiger partial charge in [0.05, 0.1) is 24.5 Å². The molecule has 0 N–H and O–H groups in total. The first-order valence-electron chi connectivity index (χ1n) is 16.0. The Morgan fingerprint density at radius 2 is 1.73 bits per heavy atom. The summed E-state index contributed by atoms with van der Waals surface area (Å²) in [7, 11) is -0.348. The molecule has 1 saturated heterocycles. The number of aromatic nitrogens is 2. The van der Waals surface area contributed by atoms with Crippen molar-refractivity contribution in [2.75, 3.05) is 13.7 Å². The Labute approximate surface area is 241 Å².